The van der Waals surface area contributed by atoms with Gasteiger partial charge in [0.1, 0.15) is 6.33 Å². The van der Waals surface area contributed by atoms with Gasteiger partial charge in [-0.15, -0.1) is 5.10 Å². The highest BCUT2D eigenvalue weighted by Crippen LogP contribution is 2.10. The Morgan fingerprint density at radius 1 is 1.46 bits per heavy atom. The Morgan fingerprint density at radius 3 is 3.15 bits per heavy atom. The summed E-state index contributed by atoms with van der Waals surface area (Å²) in [5.74, 6) is 0. The van der Waals surface area contributed by atoms with Crippen molar-refractivity contribution in [2.45, 2.75) is 38.3 Å². The van der Waals surface area contributed by atoms with Crippen LogP contribution in [0.4, 0.5) is 0 Å². The molecule has 0 spiro atoms. The number of tetrazole rings is 1. The van der Waals surface area contributed by atoms with E-state index in [1.54, 1.807) is 11.0 Å². The van der Waals surface area contributed by atoms with Crippen LogP contribution in [0, 0.1) is 0 Å². The average Bonchev–Trinajstić information content (AvgIpc) is 2.69. The molecule has 1 atom stereocenters. The molecule has 0 aliphatic carbocycles. The number of hydrogen-bond acceptors (Lipinski definition) is 4. The van der Waals surface area contributed by atoms with Crippen LogP contribution in [0.2, 0.25) is 0 Å². The highest BCUT2D eigenvalue weighted by molar-refractivity contribution is 4.71. The first kappa shape index (κ1) is 8.62. The molecule has 0 amide bonds. The fourth-order valence-corrected chi connectivity index (χ4v) is 1.74. The molecule has 1 unspecified atom stereocenters. The van der Waals surface area contributed by atoms with Crippen LogP contribution in [0.3, 0.4) is 0 Å². The summed E-state index contributed by atoms with van der Waals surface area (Å²) in [6, 6.07) is 0.665. The maximum absolute atomic E-state index is 3.83. The van der Waals surface area contributed by atoms with Gasteiger partial charge < -0.3 is 5.32 Å². The van der Waals surface area contributed by atoms with Crippen molar-refractivity contribution in [2.75, 3.05) is 6.54 Å². The van der Waals surface area contributed by atoms with Crippen LogP contribution in [0.1, 0.15) is 25.7 Å². The first-order valence-electron chi connectivity index (χ1n) is 4.89. The van der Waals surface area contributed by atoms with Gasteiger partial charge in [0.15, 0.2) is 0 Å². The monoisotopic (exact) mass is 181 g/mol. The van der Waals surface area contributed by atoms with E-state index < -0.39 is 0 Å². The third-order valence-electron chi connectivity index (χ3n) is 2.51. The molecule has 0 saturated carbocycles. The zero-order valence-electron chi connectivity index (χ0n) is 7.69. The molecule has 1 fully saturated rings. The zero-order chi connectivity index (χ0) is 8.93. The summed E-state index contributed by atoms with van der Waals surface area (Å²) in [5, 5.41) is 14.5. The molecule has 13 heavy (non-hydrogen) atoms. The van der Waals surface area contributed by atoms with Crippen molar-refractivity contribution in [2.24, 2.45) is 0 Å². The number of hydrogen-bond donors (Lipinski definition) is 1. The summed E-state index contributed by atoms with van der Waals surface area (Å²) in [4.78, 5) is 0. The minimum Gasteiger partial charge on any atom is -0.314 e. The Balaban J connectivity index is 1.72. The number of nitrogens with zero attached hydrogens (tertiary/aromatic N) is 4. The van der Waals surface area contributed by atoms with E-state index in [1.165, 1.54) is 25.8 Å². The Bertz CT molecular complexity index is 227. The minimum absolute atomic E-state index is 0.665. The predicted octanol–water partition coefficient (Wildman–Crippen LogP) is 0.205. The van der Waals surface area contributed by atoms with Crippen molar-refractivity contribution in [3.05, 3.63) is 6.33 Å². The van der Waals surface area contributed by atoms with E-state index in [-0.39, 0.29) is 0 Å². The lowest BCUT2D eigenvalue weighted by Crippen LogP contribution is -2.34. The molecular formula is C8H15N5. The van der Waals surface area contributed by atoms with Gasteiger partial charge in [-0.25, -0.2) is 4.68 Å². The van der Waals surface area contributed by atoms with Gasteiger partial charge in [0.05, 0.1) is 0 Å². The molecule has 1 N–H and O–H groups in total. The number of rotatable bonds is 3. The molecule has 1 aliphatic heterocycles. The fourth-order valence-electron chi connectivity index (χ4n) is 1.74. The molecule has 5 heteroatoms. The SMILES string of the molecule is c1nnnn1CCC1CCCCN1. The summed E-state index contributed by atoms with van der Waals surface area (Å²) in [5.41, 5.74) is 0. The molecule has 1 aliphatic rings. The van der Waals surface area contributed by atoms with Gasteiger partial charge in [-0.3, -0.25) is 0 Å². The number of aryl methyl sites for hydroxylation is 1. The molecule has 0 bridgehead atoms. The molecule has 1 aromatic rings. The Labute approximate surface area is 77.5 Å². The van der Waals surface area contributed by atoms with Crippen LogP contribution in [0.5, 0.6) is 0 Å². The Kier molecular flexibility index (Phi) is 2.86. The third-order valence-corrected chi connectivity index (χ3v) is 2.51. The van der Waals surface area contributed by atoms with Crippen molar-refractivity contribution >= 4 is 0 Å². The quantitative estimate of drug-likeness (QED) is 0.724. The summed E-state index contributed by atoms with van der Waals surface area (Å²) in [6.07, 6.45) is 6.77. The number of piperidine rings is 1. The average molecular weight is 181 g/mol. The Hall–Kier alpha value is -0.970. The van der Waals surface area contributed by atoms with Crippen molar-refractivity contribution in [1.82, 2.24) is 25.5 Å². The second-order valence-electron chi connectivity index (χ2n) is 3.51. The highest BCUT2D eigenvalue weighted by atomic mass is 15.5. The summed E-state index contributed by atoms with van der Waals surface area (Å²) in [7, 11) is 0. The van der Waals surface area contributed by atoms with Gasteiger partial charge in [-0.1, -0.05) is 6.42 Å². The van der Waals surface area contributed by atoms with Gasteiger partial charge in [0.2, 0.25) is 0 Å². The first-order chi connectivity index (χ1) is 6.45. The van der Waals surface area contributed by atoms with Gasteiger partial charge in [-0.2, -0.15) is 0 Å². The summed E-state index contributed by atoms with van der Waals surface area (Å²) < 4.78 is 1.79. The lowest BCUT2D eigenvalue weighted by atomic mass is 10.0. The topological polar surface area (TPSA) is 55.6 Å². The Morgan fingerprint density at radius 2 is 2.46 bits per heavy atom. The van der Waals surface area contributed by atoms with E-state index in [2.05, 4.69) is 20.8 Å². The van der Waals surface area contributed by atoms with Crippen LogP contribution in [0.25, 0.3) is 0 Å². The number of aromatic nitrogens is 4. The van der Waals surface area contributed by atoms with Gasteiger partial charge in [0, 0.05) is 12.6 Å². The van der Waals surface area contributed by atoms with E-state index in [0.717, 1.165) is 13.0 Å². The minimum atomic E-state index is 0.665. The second-order valence-corrected chi connectivity index (χ2v) is 3.51. The molecular weight excluding hydrogens is 166 g/mol. The molecule has 5 nitrogen and oxygen atoms in total. The van der Waals surface area contributed by atoms with E-state index in [0.29, 0.717) is 6.04 Å². The standard InChI is InChI=1S/C8H15N5/c1-2-5-9-8(3-1)4-6-13-7-10-11-12-13/h7-9H,1-6H2. The molecule has 2 heterocycles. The van der Waals surface area contributed by atoms with Crippen molar-refractivity contribution < 1.29 is 0 Å². The smallest absolute Gasteiger partial charge is 0.138 e. The lowest BCUT2D eigenvalue weighted by molar-refractivity contribution is 0.359. The molecule has 72 valence electrons. The van der Waals surface area contributed by atoms with Crippen LogP contribution in [0.15, 0.2) is 6.33 Å². The normalized spacial score (nSPS) is 23.2. The zero-order valence-corrected chi connectivity index (χ0v) is 7.69. The van der Waals surface area contributed by atoms with E-state index in [9.17, 15) is 0 Å². The van der Waals surface area contributed by atoms with Gasteiger partial charge >= 0.3 is 0 Å². The predicted molar refractivity (Wildman–Crippen MR) is 48.1 cm³/mol. The van der Waals surface area contributed by atoms with E-state index in [4.69, 9.17) is 0 Å². The van der Waals surface area contributed by atoms with E-state index in [1.807, 2.05) is 0 Å². The first-order valence-corrected chi connectivity index (χ1v) is 4.89. The van der Waals surface area contributed by atoms with Crippen molar-refractivity contribution in [1.29, 1.82) is 0 Å². The van der Waals surface area contributed by atoms with Crippen molar-refractivity contribution in [3.8, 4) is 0 Å². The molecule has 1 aromatic heterocycles. The molecule has 0 radical (unpaired) electrons. The second kappa shape index (κ2) is 4.32. The van der Waals surface area contributed by atoms with Crippen LogP contribution >= 0.6 is 0 Å². The van der Waals surface area contributed by atoms with Gasteiger partial charge in [-0.05, 0) is 36.2 Å². The van der Waals surface area contributed by atoms with Gasteiger partial charge in [0.25, 0.3) is 0 Å². The fraction of sp³-hybridized carbons (Fsp3) is 0.875. The largest absolute Gasteiger partial charge is 0.314 e. The molecule has 1 saturated heterocycles. The lowest BCUT2D eigenvalue weighted by Gasteiger charge is -2.22. The highest BCUT2D eigenvalue weighted by Gasteiger charge is 2.11. The summed E-state index contributed by atoms with van der Waals surface area (Å²) in [6.45, 7) is 2.09. The van der Waals surface area contributed by atoms with Crippen LogP contribution in [-0.2, 0) is 6.54 Å². The van der Waals surface area contributed by atoms with Crippen LogP contribution < -0.4 is 5.32 Å². The van der Waals surface area contributed by atoms with Crippen molar-refractivity contribution in [3.63, 3.8) is 0 Å². The van der Waals surface area contributed by atoms with Crippen LogP contribution in [-0.4, -0.2) is 32.8 Å². The van der Waals surface area contributed by atoms with E-state index >= 15 is 0 Å². The maximum Gasteiger partial charge on any atom is 0.138 e. The number of nitrogens with one attached hydrogen (secondary N) is 1. The summed E-state index contributed by atoms with van der Waals surface area (Å²) >= 11 is 0. The third kappa shape index (κ3) is 2.48. The molecule has 2 rings (SSSR count). The maximum atomic E-state index is 3.83. The molecule has 0 aromatic carbocycles.